The maximum absolute atomic E-state index is 15.7. The van der Waals surface area contributed by atoms with E-state index in [0.717, 1.165) is 13.1 Å². The Hall–Kier alpha value is -6.12. The van der Waals surface area contributed by atoms with Gasteiger partial charge in [-0.25, -0.2) is 23.4 Å². The molecule has 0 saturated carbocycles. The van der Waals surface area contributed by atoms with Crippen LogP contribution in [0.2, 0.25) is 5.02 Å². The van der Waals surface area contributed by atoms with Crippen molar-refractivity contribution in [3.05, 3.63) is 76.5 Å². The van der Waals surface area contributed by atoms with Gasteiger partial charge in [0.05, 0.1) is 68.5 Å². The van der Waals surface area contributed by atoms with Crippen molar-refractivity contribution in [3.8, 4) is 22.4 Å². The highest BCUT2D eigenvalue weighted by atomic mass is 35.5. The Morgan fingerprint density at radius 3 is 1.93 bits per heavy atom. The summed E-state index contributed by atoms with van der Waals surface area (Å²) in [6, 6.07) is 7.40. The molecular weight excluding hydrogens is 942 g/mol. The number of benzene rings is 2. The molecule has 1 aliphatic rings. The predicted octanol–water partition coefficient (Wildman–Crippen LogP) is 7.43. The topological polar surface area (TPSA) is 191 Å². The lowest BCUT2D eigenvalue weighted by Gasteiger charge is -2.36. The Kier molecular flexibility index (Phi) is 19.1. The van der Waals surface area contributed by atoms with Gasteiger partial charge in [0.25, 0.3) is 11.8 Å². The van der Waals surface area contributed by atoms with E-state index < -0.39 is 40.9 Å². The quantitative estimate of drug-likeness (QED) is 0.0593. The van der Waals surface area contributed by atoms with E-state index in [1.54, 1.807) is 70.1 Å². The molecule has 0 bridgehead atoms. The first kappa shape index (κ1) is 55.8. The third kappa shape index (κ3) is 15.7. The Bertz CT molecular complexity index is 2490. The fourth-order valence-electron chi connectivity index (χ4n) is 8.26. The van der Waals surface area contributed by atoms with Crippen LogP contribution in [0.3, 0.4) is 0 Å². The zero-order valence-electron chi connectivity index (χ0n) is 42.7. The summed E-state index contributed by atoms with van der Waals surface area (Å²) in [4.78, 5) is 72.5. The number of nitrogens with one attached hydrogen (secondary N) is 3. The largest absolute Gasteiger partial charge is 0.444 e. The summed E-state index contributed by atoms with van der Waals surface area (Å²) < 4.78 is 50.7. The predicted molar refractivity (Wildman–Crippen MR) is 266 cm³/mol. The molecule has 0 unspecified atom stereocenters. The van der Waals surface area contributed by atoms with Crippen molar-refractivity contribution in [2.75, 3.05) is 85.0 Å². The number of rotatable bonds is 20. The summed E-state index contributed by atoms with van der Waals surface area (Å²) in [7, 11) is 5.19. The lowest BCUT2D eigenvalue weighted by Crippen LogP contribution is -2.51. The molecule has 4 aromatic rings. The number of aromatic nitrogens is 4. The van der Waals surface area contributed by atoms with Crippen LogP contribution in [0.25, 0.3) is 22.4 Å². The summed E-state index contributed by atoms with van der Waals surface area (Å²) in [5, 5.41) is 12.7. The van der Waals surface area contributed by atoms with Crippen molar-refractivity contribution < 1.29 is 51.4 Å². The van der Waals surface area contributed by atoms with Crippen LogP contribution in [0.5, 0.6) is 0 Å². The highest BCUT2D eigenvalue weighted by Crippen LogP contribution is 2.33. The van der Waals surface area contributed by atoms with Crippen LogP contribution in [0.4, 0.5) is 24.1 Å². The number of carbonyl (C=O) groups is 5. The van der Waals surface area contributed by atoms with Crippen molar-refractivity contribution in [1.82, 2.24) is 39.8 Å². The minimum atomic E-state index is -1.10. The van der Waals surface area contributed by atoms with Gasteiger partial charge in [0.1, 0.15) is 11.2 Å². The molecule has 5 rings (SSSR count). The lowest BCUT2D eigenvalue weighted by molar-refractivity contribution is -0.909. The van der Waals surface area contributed by atoms with Crippen LogP contribution in [0.15, 0.2) is 42.7 Å². The third-order valence-electron chi connectivity index (χ3n) is 12.0. The van der Waals surface area contributed by atoms with Crippen LogP contribution in [0.1, 0.15) is 93.9 Å². The second-order valence-corrected chi connectivity index (χ2v) is 20.4. The van der Waals surface area contributed by atoms with Gasteiger partial charge in [-0.3, -0.25) is 19.1 Å². The molecule has 1 fully saturated rings. The van der Waals surface area contributed by atoms with E-state index in [4.69, 9.17) is 25.8 Å². The first-order valence-electron chi connectivity index (χ1n) is 23.9. The Morgan fingerprint density at radius 1 is 0.789 bits per heavy atom. The smallest absolute Gasteiger partial charge is 0.407 e. The molecule has 3 N–H and O–H groups in total. The van der Waals surface area contributed by atoms with Crippen molar-refractivity contribution >= 4 is 47.2 Å². The number of hydrogen-bond donors (Lipinski definition) is 3. The summed E-state index contributed by atoms with van der Waals surface area (Å²) >= 11 is 6.62. The standard InChI is InChI=1S/C50H69ClF2N10O8/c1-33-38(31-57-62(33)25-29-69-10)35-17-18-37(43(53)42(35)52)40-32-56-44(59(40)8)45(65)58-34-15-16-36(39(51)30-34)46(66)61-23-21-60(22-24-61)41(64)14-11-26-63(9,27-12-19-54-47(67)70-49(2,3)4)28-13-20-55-48(68)71-50(5,6)7/h15-18,30-32H,11-14,19-29H2,1-10H3,(H2-,54,55,58,65,66,67,68)/p+1. The Morgan fingerprint density at radius 2 is 1.35 bits per heavy atom. The van der Waals surface area contributed by atoms with Gasteiger partial charge in [-0.1, -0.05) is 17.7 Å². The number of carbonyl (C=O) groups excluding carboxylic acids is 5. The van der Waals surface area contributed by atoms with Crippen LogP contribution in [-0.4, -0.2) is 154 Å². The minimum absolute atomic E-state index is 0.0106. The monoisotopic (exact) mass is 1010 g/mol. The fourth-order valence-corrected chi connectivity index (χ4v) is 8.52. The SMILES string of the molecule is COCCn1ncc(-c2ccc(-c3cnc(C(=O)Nc4ccc(C(=O)N5CCN(C(=O)CCC[N+](C)(CCCNC(=O)OC(C)(C)C)CCCNC(=O)OC(C)(C)C)CC5)c(Cl)c4)n3C)c(F)c2F)c1C. The van der Waals surface area contributed by atoms with Crippen LogP contribution >= 0.6 is 11.6 Å². The molecule has 0 aliphatic carbocycles. The number of amides is 5. The first-order chi connectivity index (χ1) is 33.4. The van der Waals surface area contributed by atoms with Gasteiger partial charge in [0.15, 0.2) is 17.5 Å². The normalized spacial score (nSPS) is 13.3. The molecule has 5 amide bonds. The van der Waals surface area contributed by atoms with Crippen LogP contribution in [0, 0.1) is 18.6 Å². The minimum Gasteiger partial charge on any atom is -0.444 e. The third-order valence-corrected chi connectivity index (χ3v) is 12.3. The van der Waals surface area contributed by atoms with Gasteiger partial charge in [-0.05, 0) is 72.7 Å². The zero-order valence-corrected chi connectivity index (χ0v) is 43.4. The molecule has 1 aliphatic heterocycles. The molecular formula is C50H70ClF2N10O8+. The molecule has 388 valence electrons. The van der Waals surface area contributed by atoms with Gasteiger partial charge in [-0.15, -0.1) is 0 Å². The average Bonchev–Trinajstić information content (AvgIpc) is 3.86. The number of nitrogens with zero attached hydrogens (tertiary/aromatic N) is 7. The number of anilines is 1. The van der Waals surface area contributed by atoms with E-state index in [0.29, 0.717) is 100 Å². The van der Waals surface area contributed by atoms with Gasteiger partial charge < -0.3 is 49.0 Å². The average molecular weight is 1010 g/mol. The number of imidazole rings is 1. The maximum atomic E-state index is 15.7. The number of halogens is 3. The van der Waals surface area contributed by atoms with Crippen molar-refractivity contribution in [1.29, 1.82) is 0 Å². The van der Waals surface area contributed by atoms with Crippen LogP contribution < -0.4 is 16.0 Å². The Balaban J connectivity index is 1.12. The van der Waals surface area contributed by atoms with Crippen molar-refractivity contribution in [2.24, 2.45) is 7.05 Å². The Labute approximate surface area is 419 Å². The molecule has 1 saturated heterocycles. The van der Waals surface area contributed by atoms with E-state index in [2.05, 4.69) is 33.1 Å². The molecule has 0 atom stereocenters. The molecule has 0 spiro atoms. The first-order valence-corrected chi connectivity index (χ1v) is 24.2. The van der Waals surface area contributed by atoms with Gasteiger partial charge in [0, 0.05) is 107 Å². The number of methoxy groups -OCH3 is 1. The van der Waals surface area contributed by atoms with Crippen LogP contribution in [-0.2, 0) is 32.6 Å². The highest BCUT2D eigenvalue weighted by Gasteiger charge is 2.29. The molecule has 71 heavy (non-hydrogen) atoms. The van der Waals surface area contributed by atoms with Crippen molar-refractivity contribution in [3.63, 3.8) is 0 Å². The van der Waals surface area contributed by atoms with Gasteiger partial charge in [0.2, 0.25) is 5.91 Å². The highest BCUT2D eigenvalue weighted by molar-refractivity contribution is 6.34. The second kappa shape index (κ2) is 24.3. The molecule has 3 heterocycles. The fraction of sp³-hybridized carbons (Fsp3) is 0.540. The summed E-state index contributed by atoms with van der Waals surface area (Å²) in [6.07, 6.45) is 4.12. The van der Waals surface area contributed by atoms with E-state index in [1.165, 1.54) is 54.3 Å². The number of alkyl carbamates (subject to hydrolysis) is 2. The van der Waals surface area contributed by atoms with Crippen molar-refractivity contribution in [2.45, 2.75) is 91.9 Å². The van der Waals surface area contributed by atoms with E-state index in [-0.39, 0.29) is 50.7 Å². The molecule has 0 radical (unpaired) electrons. The lowest BCUT2D eigenvalue weighted by atomic mass is 10.0. The van der Waals surface area contributed by atoms with E-state index >= 15 is 8.78 Å². The molecule has 2 aromatic heterocycles. The summed E-state index contributed by atoms with van der Waals surface area (Å²) in [5.74, 6) is -3.22. The van der Waals surface area contributed by atoms with Gasteiger partial charge in [-0.2, -0.15) is 5.10 Å². The van der Waals surface area contributed by atoms with Gasteiger partial charge >= 0.3 is 12.2 Å². The van der Waals surface area contributed by atoms with E-state index in [1.807, 2.05) is 0 Å². The second-order valence-electron chi connectivity index (χ2n) is 20.0. The summed E-state index contributed by atoms with van der Waals surface area (Å²) in [5.41, 5.74) is 0.531. The summed E-state index contributed by atoms with van der Waals surface area (Å²) in [6.45, 7) is 17.8. The zero-order chi connectivity index (χ0) is 52.3. The molecule has 18 nitrogen and oxygen atoms in total. The molecule has 2 aromatic carbocycles. The maximum Gasteiger partial charge on any atom is 0.407 e. The number of quaternary nitrogens is 1. The molecule has 21 heteroatoms. The number of piperazine rings is 1. The number of ether oxygens (including phenoxy) is 3. The van der Waals surface area contributed by atoms with E-state index in [9.17, 15) is 24.0 Å². The number of hydrogen-bond acceptors (Lipinski definition) is 10.